The Balaban J connectivity index is 1.83. The summed E-state index contributed by atoms with van der Waals surface area (Å²) in [5.74, 6) is -0.764. The molecule has 0 aliphatic carbocycles. The van der Waals surface area contributed by atoms with Gasteiger partial charge in [0, 0.05) is 6.20 Å². The van der Waals surface area contributed by atoms with Gasteiger partial charge in [-0.25, -0.2) is 4.98 Å². The van der Waals surface area contributed by atoms with Crippen molar-refractivity contribution in [1.82, 2.24) is 15.3 Å². The molecule has 0 aromatic carbocycles. The average molecular weight is 396 g/mol. The zero-order valence-corrected chi connectivity index (χ0v) is 17.0. The second-order valence-corrected chi connectivity index (χ2v) is 7.76. The number of fused-ring (bicyclic) bond motifs is 1. The van der Waals surface area contributed by atoms with E-state index < -0.39 is 24.1 Å². The topological polar surface area (TPSA) is 94.6 Å². The Hall–Kier alpha value is -2.77. The second-order valence-electron chi connectivity index (χ2n) is 7.76. The minimum atomic E-state index is -0.849. The standard InChI is InChI=1S/C22H28N4O3/c1-14(2)7-6-8-15(3)13-18(27)17-11-10-16-20(22(29)24-21(16)28)26(17)25-19-9-4-5-12-23-19/h4-5,7,9-13,16-18,20,27H,6,8H2,1-3H3,(H,23,25)(H,24,28,29). The van der Waals surface area contributed by atoms with Crippen molar-refractivity contribution in [1.29, 1.82) is 0 Å². The molecule has 0 saturated carbocycles. The monoisotopic (exact) mass is 396 g/mol. The highest BCUT2D eigenvalue weighted by molar-refractivity contribution is 6.08. The number of nitrogens with zero attached hydrogens (tertiary/aromatic N) is 2. The van der Waals surface area contributed by atoms with E-state index in [1.165, 1.54) is 5.57 Å². The lowest BCUT2D eigenvalue weighted by Gasteiger charge is -2.39. The number of carbonyl (C=O) groups is 2. The van der Waals surface area contributed by atoms with Crippen molar-refractivity contribution in [3.8, 4) is 0 Å². The lowest BCUT2D eigenvalue weighted by molar-refractivity contribution is -0.126. The second kappa shape index (κ2) is 9.15. The summed E-state index contributed by atoms with van der Waals surface area (Å²) < 4.78 is 0. The fourth-order valence-corrected chi connectivity index (χ4v) is 3.63. The fraction of sp³-hybridized carbons (Fsp3) is 0.409. The lowest BCUT2D eigenvalue weighted by Crippen LogP contribution is -2.57. The van der Waals surface area contributed by atoms with Gasteiger partial charge in [-0.05, 0) is 45.7 Å². The van der Waals surface area contributed by atoms with Crippen LogP contribution in [0.2, 0.25) is 0 Å². The van der Waals surface area contributed by atoms with Crippen LogP contribution in [-0.2, 0) is 9.59 Å². The van der Waals surface area contributed by atoms with Gasteiger partial charge in [-0.15, -0.1) is 0 Å². The van der Waals surface area contributed by atoms with Gasteiger partial charge >= 0.3 is 0 Å². The number of carbonyl (C=O) groups excluding carboxylic acids is 2. The lowest BCUT2D eigenvalue weighted by atomic mass is 9.92. The van der Waals surface area contributed by atoms with Crippen LogP contribution >= 0.6 is 0 Å². The number of pyridine rings is 1. The van der Waals surface area contributed by atoms with Crippen LogP contribution in [0.1, 0.15) is 33.6 Å². The van der Waals surface area contributed by atoms with E-state index in [-0.39, 0.29) is 11.8 Å². The minimum Gasteiger partial charge on any atom is -0.387 e. The number of rotatable bonds is 7. The summed E-state index contributed by atoms with van der Waals surface area (Å²) in [7, 11) is 0. The number of nitrogens with one attached hydrogen (secondary N) is 2. The van der Waals surface area contributed by atoms with Crippen molar-refractivity contribution in [3.05, 3.63) is 59.8 Å². The van der Waals surface area contributed by atoms with E-state index in [1.54, 1.807) is 35.5 Å². The van der Waals surface area contributed by atoms with Gasteiger partial charge in [0.2, 0.25) is 11.8 Å². The van der Waals surface area contributed by atoms with E-state index in [1.807, 2.05) is 19.1 Å². The maximum atomic E-state index is 12.4. The van der Waals surface area contributed by atoms with E-state index in [0.29, 0.717) is 5.82 Å². The molecule has 154 valence electrons. The first kappa shape index (κ1) is 21.0. The van der Waals surface area contributed by atoms with Gasteiger partial charge < -0.3 is 10.5 Å². The summed E-state index contributed by atoms with van der Waals surface area (Å²) in [5, 5.41) is 14.9. The van der Waals surface area contributed by atoms with Gasteiger partial charge in [-0.2, -0.15) is 5.01 Å². The highest BCUT2D eigenvalue weighted by Crippen LogP contribution is 2.29. The molecule has 4 unspecified atom stereocenters. The number of aliphatic hydroxyl groups is 1. The molecule has 2 amide bonds. The van der Waals surface area contributed by atoms with Gasteiger partial charge in [-0.1, -0.05) is 41.5 Å². The molecule has 3 heterocycles. The van der Waals surface area contributed by atoms with Crippen molar-refractivity contribution >= 4 is 17.6 Å². The largest absolute Gasteiger partial charge is 0.387 e. The molecule has 3 N–H and O–H groups in total. The smallest absolute Gasteiger partial charge is 0.246 e. The summed E-state index contributed by atoms with van der Waals surface area (Å²) >= 11 is 0. The van der Waals surface area contributed by atoms with Crippen LogP contribution in [-0.4, -0.2) is 45.1 Å². The SMILES string of the molecule is CC(C)=CCCC(C)=CC(O)C1C=CC2C(=O)NC(=O)C2N1Nc1ccccn1. The van der Waals surface area contributed by atoms with Gasteiger partial charge in [0.05, 0.1) is 18.1 Å². The third-order valence-electron chi connectivity index (χ3n) is 5.10. The van der Waals surface area contributed by atoms with Crippen LogP contribution in [0.25, 0.3) is 0 Å². The molecule has 29 heavy (non-hydrogen) atoms. The summed E-state index contributed by atoms with van der Waals surface area (Å²) in [6.45, 7) is 6.11. The highest BCUT2D eigenvalue weighted by atomic mass is 16.3. The Labute approximate surface area is 171 Å². The first-order valence-electron chi connectivity index (χ1n) is 9.84. The van der Waals surface area contributed by atoms with Crippen molar-refractivity contribution < 1.29 is 14.7 Å². The Morgan fingerprint density at radius 1 is 1.28 bits per heavy atom. The van der Waals surface area contributed by atoms with Gasteiger partial charge in [-0.3, -0.25) is 14.9 Å². The number of anilines is 1. The molecule has 7 nitrogen and oxygen atoms in total. The molecule has 0 bridgehead atoms. The normalized spacial score (nSPS) is 25.4. The molecule has 3 rings (SSSR count). The van der Waals surface area contributed by atoms with Gasteiger partial charge in [0.25, 0.3) is 0 Å². The number of hydrazine groups is 1. The molecule has 1 fully saturated rings. The number of amides is 2. The van der Waals surface area contributed by atoms with Crippen LogP contribution in [0, 0.1) is 5.92 Å². The molecule has 4 atom stereocenters. The third-order valence-corrected chi connectivity index (χ3v) is 5.10. The molecule has 7 heteroatoms. The summed E-state index contributed by atoms with van der Waals surface area (Å²) in [4.78, 5) is 28.8. The first-order valence-corrected chi connectivity index (χ1v) is 9.84. The Morgan fingerprint density at radius 2 is 2.07 bits per heavy atom. The van der Waals surface area contributed by atoms with Crippen LogP contribution in [0.5, 0.6) is 0 Å². The van der Waals surface area contributed by atoms with Crippen molar-refractivity contribution in [2.45, 2.75) is 51.8 Å². The van der Waals surface area contributed by atoms with Crippen molar-refractivity contribution in [2.75, 3.05) is 5.43 Å². The van der Waals surface area contributed by atoms with Crippen LogP contribution in [0.3, 0.4) is 0 Å². The van der Waals surface area contributed by atoms with E-state index in [0.717, 1.165) is 18.4 Å². The average Bonchev–Trinajstić information content (AvgIpc) is 2.96. The highest BCUT2D eigenvalue weighted by Gasteiger charge is 2.49. The quantitative estimate of drug-likeness (QED) is 0.484. The molecule has 1 aromatic rings. The molecule has 2 aliphatic rings. The Bertz CT molecular complexity index is 843. The number of aromatic nitrogens is 1. The number of imide groups is 1. The predicted molar refractivity (Wildman–Crippen MR) is 111 cm³/mol. The molecule has 2 aliphatic heterocycles. The van der Waals surface area contributed by atoms with Gasteiger partial charge in [0.15, 0.2) is 0 Å². The van der Waals surface area contributed by atoms with E-state index in [9.17, 15) is 14.7 Å². The number of allylic oxidation sites excluding steroid dienone is 3. The van der Waals surface area contributed by atoms with E-state index in [2.05, 4.69) is 35.7 Å². The summed E-state index contributed by atoms with van der Waals surface area (Å²) in [5.41, 5.74) is 5.46. The van der Waals surface area contributed by atoms with Crippen molar-refractivity contribution in [3.63, 3.8) is 0 Å². The summed E-state index contributed by atoms with van der Waals surface area (Å²) in [6.07, 6.45) is 10.0. The summed E-state index contributed by atoms with van der Waals surface area (Å²) in [6, 6.07) is 4.12. The Kier molecular flexibility index (Phi) is 6.61. The maximum absolute atomic E-state index is 12.4. The van der Waals surface area contributed by atoms with Crippen molar-refractivity contribution in [2.24, 2.45) is 5.92 Å². The zero-order valence-electron chi connectivity index (χ0n) is 17.0. The number of aliphatic hydroxyl groups excluding tert-OH is 1. The Morgan fingerprint density at radius 3 is 2.76 bits per heavy atom. The van der Waals surface area contributed by atoms with E-state index in [4.69, 9.17) is 0 Å². The third kappa shape index (κ3) is 4.99. The molecule has 1 saturated heterocycles. The maximum Gasteiger partial charge on any atom is 0.246 e. The van der Waals surface area contributed by atoms with Crippen LogP contribution in [0.4, 0.5) is 5.82 Å². The van der Waals surface area contributed by atoms with Crippen LogP contribution in [0.15, 0.2) is 59.8 Å². The molecule has 0 spiro atoms. The first-order chi connectivity index (χ1) is 13.9. The fourth-order valence-electron chi connectivity index (χ4n) is 3.63. The zero-order chi connectivity index (χ0) is 21.0. The number of hydrogen-bond acceptors (Lipinski definition) is 6. The molecule has 0 radical (unpaired) electrons. The molecule has 1 aromatic heterocycles. The molecular weight excluding hydrogens is 368 g/mol. The predicted octanol–water partition coefficient (Wildman–Crippen LogP) is 2.34. The van der Waals surface area contributed by atoms with E-state index >= 15 is 0 Å². The molecular formula is C22H28N4O3. The van der Waals surface area contributed by atoms with Gasteiger partial charge in [0.1, 0.15) is 11.9 Å². The number of hydrogen-bond donors (Lipinski definition) is 3. The minimum absolute atomic E-state index is 0.328. The van der Waals surface area contributed by atoms with Crippen LogP contribution < -0.4 is 10.7 Å².